The molecule has 0 saturated heterocycles. The predicted octanol–water partition coefficient (Wildman–Crippen LogP) is 2.51. The molecule has 0 aromatic heterocycles. The van der Waals surface area contributed by atoms with Crippen LogP contribution in [-0.2, 0) is 0 Å². The molecule has 0 atom stereocenters. The van der Waals surface area contributed by atoms with Gasteiger partial charge in [-0.2, -0.15) is 0 Å². The summed E-state index contributed by atoms with van der Waals surface area (Å²) >= 11 is 0. The molecule has 7 heavy (non-hydrogen) atoms. The molecular formula is C7H12. The van der Waals surface area contributed by atoms with E-state index < -0.39 is 0 Å². The van der Waals surface area contributed by atoms with Gasteiger partial charge in [-0.05, 0) is 6.42 Å². The summed E-state index contributed by atoms with van der Waals surface area (Å²) in [5.41, 5.74) is 0. The molecule has 0 N–H and O–H groups in total. The molecule has 0 bridgehead atoms. The minimum Gasteiger partial charge on any atom is -0.0844 e. The highest BCUT2D eigenvalue weighted by atomic mass is 14.0. The Bertz CT molecular complexity index is 50.4. The molecule has 0 amide bonds. The van der Waals surface area contributed by atoms with E-state index in [0.29, 0.717) is 0 Å². The summed E-state index contributed by atoms with van der Waals surface area (Å²) in [6, 6.07) is 0. The minimum atomic E-state index is 1.25. The lowest BCUT2D eigenvalue weighted by Gasteiger charge is -2.05. The van der Waals surface area contributed by atoms with Gasteiger partial charge in [-0.15, -0.1) is 0 Å². The standard InChI is InChI=1S/C4H8.C3H4/c1-2-4-3-1;1-2-3-1/h1-4H2;1-2H,3H2. The third kappa shape index (κ3) is 3.57. The largest absolute Gasteiger partial charge is 0.0844 e. The van der Waals surface area contributed by atoms with Gasteiger partial charge in [0.2, 0.25) is 0 Å². The van der Waals surface area contributed by atoms with Crippen LogP contribution in [0, 0.1) is 0 Å². The summed E-state index contributed by atoms with van der Waals surface area (Å²) in [7, 11) is 0. The van der Waals surface area contributed by atoms with Gasteiger partial charge in [-0.1, -0.05) is 37.8 Å². The zero-order valence-corrected chi connectivity index (χ0v) is 4.69. The smallest absolute Gasteiger partial charge is 0.0169 e. The van der Waals surface area contributed by atoms with Crippen molar-refractivity contribution in [1.82, 2.24) is 0 Å². The van der Waals surface area contributed by atoms with Crippen LogP contribution in [0.1, 0.15) is 32.1 Å². The first-order valence-corrected chi connectivity index (χ1v) is 3.15. The Morgan fingerprint density at radius 1 is 0.714 bits per heavy atom. The highest BCUT2D eigenvalue weighted by molar-refractivity contribution is 5.02. The molecular weight excluding hydrogens is 84.1 g/mol. The van der Waals surface area contributed by atoms with Crippen LogP contribution in [0.15, 0.2) is 12.2 Å². The van der Waals surface area contributed by atoms with Crippen LogP contribution in [0.2, 0.25) is 0 Å². The van der Waals surface area contributed by atoms with Crippen molar-refractivity contribution >= 4 is 0 Å². The fraction of sp³-hybridized carbons (Fsp3) is 0.714. The molecule has 0 unspecified atom stereocenters. The van der Waals surface area contributed by atoms with Gasteiger partial charge in [0.1, 0.15) is 0 Å². The highest BCUT2D eigenvalue weighted by Crippen LogP contribution is 2.15. The van der Waals surface area contributed by atoms with Gasteiger partial charge in [0.05, 0.1) is 0 Å². The number of rotatable bonds is 0. The van der Waals surface area contributed by atoms with Crippen LogP contribution in [-0.4, -0.2) is 0 Å². The van der Waals surface area contributed by atoms with E-state index in [1.165, 1.54) is 32.1 Å². The summed E-state index contributed by atoms with van der Waals surface area (Å²) in [6.07, 6.45) is 11.5. The summed E-state index contributed by atoms with van der Waals surface area (Å²) in [5, 5.41) is 0. The van der Waals surface area contributed by atoms with Crippen molar-refractivity contribution in [3.63, 3.8) is 0 Å². The summed E-state index contributed by atoms with van der Waals surface area (Å²) in [5.74, 6) is 0. The molecule has 1 saturated carbocycles. The van der Waals surface area contributed by atoms with Crippen molar-refractivity contribution < 1.29 is 0 Å². The number of hydrogen-bond acceptors (Lipinski definition) is 0. The zero-order chi connectivity index (χ0) is 4.95. The van der Waals surface area contributed by atoms with Crippen molar-refractivity contribution in [3.05, 3.63) is 12.2 Å². The van der Waals surface area contributed by atoms with E-state index in [2.05, 4.69) is 12.2 Å². The van der Waals surface area contributed by atoms with Crippen LogP contribution >= 0.6 is 0 Å². The molecule has 2 aliphatic carbocycles. The topological polar surface area (TPSA) is 0 Å². The maximum atomic E-state index is 2.12. The molecule has 40 valence electrons. The van der Waals surface area contributed by atoms with Crippen molar-refractivity contribution in [2.45, 2.75) is 32.1 Å². The van der Waals surface area contributed by atoms with E-state index in [-0.39, 0.29) is 0 Å². The van der Waals surface area contributed by atoms with E-state index in [1.807, 2.05) is 0 Å². The SMILES string of the molecule is C1=CC1.C1CCC1. The van der Waals surface area contributed by atoms with Gasteiger partial charge in [-0.3, -0.25) is 0 Å². The summed E-state index contributed by atoms with van der Waals surface area (Å²) < 4.78 is 0. The Hall–Kier alpha value is -0.260. The normalized spacial score (nSPS) is 21.7. The third-order valence-corrected chi connectivity index (χ3v) is 1.24. The molecule has 0 nitrogen and oxygen atoms in total. The molecule has 2 rings (SSSR count). The molecule has 0 spiro atoms. The first-order chi connectivity index (χ1) is 3.50. The van der Waals surface area contributed by atoms with Gasteiger partial charge >= 0.3 is 0 Å². The number of allylic oxidation sites excluding steroid dienone is 2. The average Bonchev–Trinajstić information content (AvgIpc) is 1.95. The first kappa shape index (κ1) is 4.89. The van der Waals surface area contributed by atoms with Crippen LogP contribution in [0.25, 0.3) is 0 Å². The Morgan fingerprint density at radius 3 is 1.00 bits per heavy atom. The van der Waals surface area contributed by atoms with Gasteiger partial charge in [-0.25, -0.2) is 0 Å². The van der Waals surface area contributed by atoms with Crippen molar-refractivity contribution in [3.8, 4) is 0 Å². The van der Waals surface area contributed by atoms with Crippen LogP contribution in [0.4, 0.5) is 0 Å². The molecule has 1 fully saturated rings. The molecule has 0 radical (unpaired) electrons. The Balaban J connectivity index is 0.0000000729. The second-order valence-electron chi connectivity index (χ2n) is 2.12. The van der Waals surface area contributed by atoms with Gasteiger partial charge in [0, 0.05) is 0 Å². The molecule has 0 aromatic rings. The monoisotopic (exact) mass is 96.1 g/mol. The second kappa shape index (κ2) is 2.84. The Kier molecular flexibility index (Phi) is 1.98. The molecule has 0 aliphatic heterocycles. The van der Waals surface area contributed by atoms with Crippen LogP contribution in [0.5, 0.6) is 0 Å². The minimum absolute atomic E-state index is 1.25. The van der Waals surface area contributed by atoms with Crippen LogP contribution < -0.4 is 0 Å². The zero-order valence-electron chi connectivity index (χ0n) is 4.69. The quantitative estimate of drug-likeness (QED) is 0.406. The highest BCUT2D eigenvalue weighted by Gasteiger charge is 1.95. The van der Waals surface area contributed by atoms with Gasteiger partial charge in [0.25, 0.3) is 0 Å². The average molecular weight is 96.2 g/mol. The van der Waals surface area contributed by atoms with E-state index in [4.69, 9.17) is 0 Å². The summed E-state index contributed by atoms with van der Waals surface area (Å²) in [6.45, 7) is 0. The van der Waals surface area contributed by atoms with Gasteiger partial charge in [0.15, 0.2) is 0 Å². The second-order valence-corrected chi connectivity index (χ2v) is 2.12. The Morgan fingerprint density at radius 2 is 1.00 bits per heavy atom. The van der Waals surface area contributed by atoms with E-state index in [9.17, 15) is 0 Å². The van der Waals surface area contributed by atoms with Crippen molar-refractivity contribution in [1.29, 1.82) is 0 Å². The van der Waals surface area contributed by atoms with Crippen LogP contribution in [0.3, 0.4) is 0 Å². The first-order valence-electron chi connectivity index (χ1n) is 3.15. The maximum Gasteiger partial charge on any atom is -0.0169 e. The molecule has 0 aromatic carbocycles. The number of hydrogen-bond donors (Lipinski definition) is 0. The molecule has 0 heterocycles. The maximum absolute atomic E-state index is 2.12. The van der Waals surface area contributed by atoms with E-state index in [1.54, 1.807) is 0 Å². The lowest BCUT2D eigenvalue weighted by atomic mass is 10.0. The molecule has 2 aliphatic rings. The van der Waals surface area contributed by atoms with Gasteiger partial charge < -0.3 is 0 Å². The molecule has 0 heteroatoms. The Labute approximate surface area is 45.2 Å². The predicted molar refractivity (Wildman–Crippen MR) is 32.2 cm³/mol. The fourth-order valence-electron chi connectivity index (χ4n) is 0.250. The van der Waals surface area contributed by atoms with Crippen molar-refractivity contribution in [2.24, 2.45) is 0 Å². The fourth-order valence-corrected chi connectivity index (χ4v) is 0.250. The lowest BCUT2D eigenvalue weighted by Crippen LogP contribution is -1.85. The summed E-state index contributed by atoms with van der Waals surface area (Å²) in [4.78, 5) is 0. The van der Waals surface area contributed by atoms with Crippen molar-refractivity contribution in [2.75, 3.05) is 0 Å². The third-order valence-electron chi connectivity index (χ3n) is 1.24. The lowest BCUT2D eigenvalue weighted by molar-refractivity contribution is 0.504. The van der Waals surface area contributed by atoms with E-state index in [0.717, 1.165) is 0 Å². The van der Waals surface area contributed by atoms with E-state index >= 15 is 0 Å².